The Kier molecular flexibility index (Phi) is 0.588. The Labute approximate surface area is 29.9 Å². The smallest absolute Gasteiger partial charge is 0.209 e. The molecule has 0 aromatic heterocycles. The maximum atomic E-state index is 4.28. The predicted molar refractivity (Wildman–Crippen MR) is 14.9 cm³/mol. The molecule has 0 aromatic carbocycles. The van der Waals surface area contributed by atoms with Crippen LogP contribution < -0.4 is 0 Å². The average Bonchev–Trinajstić information content (AvgIpc) is 1.76. The molecule has 0 aromatic rings. The fraction of sp³-hybridized carbons (Fsp3) is 0.333. The highest BCUT2D eigenvalue weighted by molar-refractivity contribution is 4.66. The molecule has 27 valence electrons. The first-order chi connectivity index (χ1) is 2.50. The summed E-state index contributed by atoms with van der Waals surface area (Å²) in [6, 6.07) is 0. The summed E-state index contributed by atoms with van der Waals surface area (Å²) in [6.45, 7) is 0.542. The molecular weight excluding hydrogens is 68.0 g/mol. The van der Waals surface area contributed by atoms with E-state index in [0.717, 1.165) is 0 Å². The first-order valence-corrected chi connectivity index (χ1v) is 1.36. The van der Waals surface area contributed by atoms with Crippen LogP contribution in [0.3, 0.4) is 0 Å². The summed E-state index contributed by atoms with van der Waals surface area (Å²) in [5.41, 5.74) is 0. The van der Waals surface area contributed by atoms with Crippen LogP contribution in [-0.2, 0) is 9.78 Å². The molecule has 0 N–H and O–H groups in total. The minimum Gasteiger partial charge on any atom is -0.333 e. The zero-order valence-electron chi connectivity index (χ0n) is 2.60. The van der Waals surface area contributed by atoms with E-state index in [2.05, 4.69) is 16.0 Å². The van der Waals surface area contributed by atoms with E-state index in [4.69, 9.17) is 0 Å². The van der Waals surface area contributed by atoms with Crippen LogP contribution in [0.4, 0.5) is 0 Å². The summed E-state index contributed by atoms with van der Waals surface area (Å²) < 4.78 is 0. The third-order valence-electron chi connectivity index (χ3n) is 0.342. The highest BCUT2D eigenvalue weighted by Crippen LogP contribution is 1.87. The van der Waals surface area contributed by atoms with Gasteiger partial charge in [0.05, 0.1) is 0 Å². The van der Waals surface area contributed by atoms with E-state index in [9.17, 15) is 0 Å². The van der Waals surface area contributed by atoms with Crippen LogP contribution in [0.25, 0.3) is 0 Å². The lowest BCUT2D eigenvalue weighted by molar-refractivity contribution is -0.229. The Morgan fingerprint density at radius 2 is 2.80 bits per heavy atom. The van der Waals surface area contributed by atoms with Crippen molar-refractivity contribution in [3.8, 4) is 0 Å². The molecular formula is C3H3O2. The van der Waals surface area contributed by atoms with E-state index in [-0.39, 0.29) is 0 Å². The van der Waals surface area contributed by atoms with E-state index in [1.54, 1.807) is 6.08 Å². The van der Waals surface area contributed by atoms with E-state index in [1.807, 2.05) is 0 Å². The van der Waals surface area contributed by atoms with Gasteiger partial charge >= 0.3 is 0 Å². The molecule has 0 fully saturated rings. The molecule has 5 heavy (non-hydrogen) atoms. The minimum atomic E-state index is 0.542. The maximum Gasteiger partial charge on any atom is 0.209 e. The average molecular weight is 71.1 g/mol. The van der Waals surface area contributed by atoms with E-state index in [1.165, 1.54) is 0 Å². The number of hydrogen-bond donors (Lipinski definition) is 0. The van der Waals surface area contributed by atoms with Gasteiger partial charge in [-0.3, -0.25) is 0 Å². The van der Waals surface area contributed by atoms with Crippen molar-refractivity contribution in [1.29, 1.82) is 0 Å². The molecule has 0 bridgehead atoms. The highest BCUT2D eigenvalue weighted by Gasteiger charge is 1.86. The molecule has 0 saturated carbocycles. The zero-order chi connectivity index (χ0) is 3.54. The zero-order valence-corrected chi connectivity index (χ0v) is 2.60. The Balaban J connectivity index is 2.32. The summed E-state index contributed by atoms with van der Waals surface area (Å²) in [5.74, 6) is 0. The first kappa shape index (κ1) is 2.72. The predicted octanol–water partition coefficient (Wildman–Crippen LogP) is 0.265. The normalized spacial score (nSPS) is 19.2. The van der Waals surface area contributed by atoms with Crippen molar-refractivity contribution in [1.82, 2.24) is 0 Å². The van der Waals surface area contributed by atoms with Gasteiger partial charge in [-0.05, 0) is 6.08 Å². The molecule has 1 rings (SSSR count). The Morgan fingerprint density at radius 3 is 3.00 bits per heavy atom. The molecule has 1 radical (unpaired) electrons. The second kappa shape index (κ2) is 1.08. The molecule has 1 heterocycles. The lowest BCUT2D eigenvalue weighted by Crippen LogP contribution is -1.73. The van der Waals surface area contributed by atoms with Crippen LogP contribution in [0, 0.1) is 6.26 Å². The molecule has 1 aliphatic rings. The molecule has 0 aliphatic carbocycles. The fourth-order valence-electron chi connectivity index (χ4n) is 0.170. The van der Waals surface area contributed by atoms with Crippen LogP contribution in [0.15, 0.2) is 6.08 Å². The summed E-state index contributed by atoms with van der Waals surface area (Å²) in [6.07, 6.45) is 4.04. The fourth-order valence-corrected chi connectivity index (χ4v) is 0.170. The highest BCUT2D eigenvalue weighted by atomic mass is 17.2. The van der Waals surface area contributed by atoms with Crippen LogP contribution in [0.2, 0.25) is 0 Å². The van der Waals surface area contributed by atoms with Gasteiger partial charge in [-0.25, -0.2) is 0 Å². The van der Waals surface area contributed by atoms with Crippen LogP contribution >= 0.6 is 0 Å². The lowest BCUT2D eigenvalue weighted by Gasteiger charge is -1.79. The Bertz CT molecular complexity index is 42.9. The number of rotatable bonds is 0. The van der Waals surface area contributed by atoms with Gasteiger partial charge in [0, 0.05) is 0 Å². The molecule has 0 spiro atoms. The van der Waals surface area contributed by atoms with Gasteiger partial charge in [0.2, 0.25) is 6.26 Å². The van der Waals surface area contributed by atoms with Crippen molar-refractivity contribution < 1.29 is 9.78 Å². The molecule has 0 saturated heterocycles. The van der Waals surface area contributed by atoms with Crippen LogP contribution in [-0.4, -0.2) is 6.61 Å². The molecule has 1 aliphatic heterocycles. The number of hydrogen-bond acceptors (Lipinski definition) is 2. The van der Waals surface area contributed by atoms with Crippen molar-refractivity contribution in [3.63, 3.8) is 0 Å². The van der Waals surface area contributed by atoms with E-state index < -0.39 is 0 Å². The Morgan fingerprint density at radius 1 is 1.80 bits per heavy atom. The maximum absolute atomic E-state index is 4.28. The van der Waals surface area contributed by atoms with Crippen molar-refractivity contribution in [2.24, 2.45) is 0 Å². The quantitative estimate of drug-likeness (QED) is 0.381. The van der Waals surface area contributed by atoms with Crippen molar-refractivity contribution in [2.75, 3.05) is 6.61 Å². The topological polar surface area (TPSA) is 18.5 Å². The van der Waals surface area contributed by atoms with E-state index >= 15 is 0 Å². The largest absolute Gasteiger partial charge is 0.333 e. The lowest BCUT2D eigenvalue weighted by atomic mass is 10.7. The Hall–Kier alpha value is -0.500. The van der Waals surface area contributed by atoms with Gasteiger partial charge in [-0.1, -0.05) is 0 Å². The van der Waals surface area contributed by atoms with Crippen LogP contribution in [0.1, 0.15) is 0 Å². The monoisotopic (exact) mass is 71.0 g/mol. The summed E-state index contributed by atoms with van der Waals surface area (Å²) >= 11 is 0. The summed E-state index contributed by atoms with van der Waals surface area (Å²) in [4.78, 5) is 8.42. The van der Waals surface area contributed by atoms with Crippen molar-refractivity contribution >= 4 is 0 Å². The van der Waals surface area contributed by atoms with E-state index in [0.29, 0.717) is 6.61 Å². The second-order valence-electron chi connectivity index (χ2n) is 0.690. The van der Waals surface area contributed by atoms with Crippen LogP contribution in [0.5, 0.6) is 0 Å². The molecule has 0 atom stereocenters. The van der Waals surface area contributed by atoms with Gasteiger partial charge in [0.25, 0.3) is 0 Å². The summed E-state index contributed by atoms with van der Waals surface area (Å²) in [7, 11) is 0. The third-order valence-corrected chi connectivity index (χ3v) is 0.342. The molecule has 0 unspecified atom stereocenters. The third kappa shape index (κ3) is 0.389. The van der Waals surface area contributed by atoms with Gasteiger partial charge in [-0.2, -0.15) is 4.89 Å². The van der Waals surface area contributed by atoms with Gasteiger partial charge in [0.1, 0.15) is 6.61 Å². The minimum absolute atomic E-state index is 0.542. The van der Waals surface area contributed by atoms with Gasteiger partial charge in [-0.15, -0.1) is 0 Å². The van der Waals surface area contributed by atoms with Crippen molar-refractivity contribution in [2.45, 2.75) is 0 Å². The summed E-state index contributed by atoms with van der Waals surface area (Å²) in [5, 5.41) is 0. The van der Waals surface area contributed by atoms with Gasteiger partial charge < -0.3 is 4.89 Å². The SMILES string of the molecule is [C]1=CCOO1. The molecule has 0 amide bonds. The van der Waals surface area contributed by atoms with Crippen molar-refractivity contribution in [3.05, 3.63) is 12.3 Å². The first-order valence-electron chi connectivity index (χ1n) is 1.36. The van der Waals surface area contributed by atoms with Gasteiger partial charge in [0.15, 0.2) is 0 Å². The second-order valence-corrected chi connectivity index (χ2v) is 0.690. The molecule has 2 heteroatoms. The standard InChI is InChI=1S/C3H3O2/c1-2-4-5-3-1/h1H,2H2. The molecule has 2 nitrogen and oxygen atoms in total.